The van der Waals surface area contributed by atoms with E-state index in [1.807, 2.05) is 6.92 Å². The number of imidazole rings is 1. The van der Waals surface area contributed by atoms with E-state index < -0.39 is 44.2 Å². The highest BCUT2D eigenvalue weighted by atomic mass is 31.2. The second kappa shape index (κ2) is 11.1. The minimum atomic E-state index is -3.84. The number of aromatic nitrogens is 4. The summed E-state index contributed by atoms with van der Waals surface area (Å²) in [6, 6.07) is 7.43. The summed E-state index contributed by atoms with van der Waals surface area (Å²) in [5, 5.41) is 2.67. The van der Waals surface area contributed by atoms with Crippen LogP contribution >= 0.6 is 7.52 Å². The van der Waals surface area contributed by atoms with Crippen molar-refractivity contribution in [1.29, 1.82) is 0 Å². The minimum Gasteiger partial charge on any atom is -0.465 e. The number of nitrogens with zero attached hydrogens (tertiary/aromatic N) is 4. The van der Waals surface area contributed by atoms with E-state index in [9.17, 15) is 13.8 Å². The Morgan fingerprint density at radius 1 is 1.31 bits per heavy atom. The van der Waals surface area contributed by atoms with Gasteiger partial charge in [-0.1, -0.05) is 25.1 Å². The topological polar surface area (TPSA) is 153 Å². The van der Waals surface area contributed by atoms with Gasteiger partial charge in [-0.3, -0.25) is 13.9 Å². The Bertz CT molecular complexity index is 1290. The van der Waals surface area contributed by atoms with Crippen molar-refractivity contribution in [3.8, 4) is 5.75 Å². The molecule has 0 amide bonds. The van der Waals surface area contributed by atoms with Gasteiger partial charge in [-0.25, -0.2) is 24.4 Å². The third kappa shape index (κ3) is 5.88. The molecule has 14 heteroatoms. The minimum absolute atomic E-state index is 0.144. The Morgan fingerprint density at radius 2 is 2.08 bits per heavy atom. The lowest BCUT2D eigenvalue weighted by Crippen LogP contribution is -2.36. The molecule has 0 fully saturated rings. The highest BCUT2D eigenvalue weighted by molar-refractivity contribution is 7.57. The quantitative estimate of drug-likeness (QED) is 0.283. The van der Waals surface area contributed by atoms with E-state index in [0.29, 0.717) is 17.7 Å². The molecule has 36 heavy (non-hydrogen) atoms. The molecule has 192 valence electrons. The number of hydrogen-bond acceptors (Lipinski definition) is 10. The summed E-state index contributed by atoms with van der Waals surface area (Å²) in [7, 11) is -3.84. The van der Waals surface area contributed by atoms with E-state index in [4.69, 9.17) is 24.5 Å². The fourth-order valence-electron chi connectivity index (χ4n) is 3.36. The summed E-state index contributed by atoms with van der Waals surface area (Å²) in [6.45, 7) is 3.59. The fourth-order valence-corrected chi connectivity index (χ4v) is 5.04. The first-order valence-electron chi connectivity index (χ1n) is 11.1. The van der Waals surface area contributed by atoms with Gasteiger partial charge in [-0.05, 0) is 25.5 Å². The Kier molecular flexibility index (Phi) is 7.94. The number of nitrogens with one attached hydrogen (secondary N) is 1. The Morgan fingerprint density at radius 3 is 2.83 bits per heavy atom. The first kappa shape index (κ1) is 25.7. The van der Waals surface area contributed by atoms with E-state index in [0.717, 1.165) is 6.08 Å². The molecule has 12 nitrogen and oxygen atoms in total. The molecule has 0 bridgehead atoms. The van der Waals surface area contributed by atoms with E-state index in [2.05, 4.69) is 20.0 Å². The van der Waals surface area contributed by atoms with Crippen LogP contribution in [-0.2, 0) is 23.6 Å². The van der Waals surface area contributed by atoms with Crippen LogP contribution in [0.15, 0.2) is 54.9 Å². The van der Waals surface area contributed by atoms with Gasteiger partial charge in [0.25, 0.3) is 0 Å². The number of anilines is 1. The van der Waals surface area contributed by atoms with Crippen LogP contribution in [0.4, 0.5) is 10.2 Å². The van der Waals surface area contributed by atoms with Crippen LogP contribution in [0.2, 0.25) is 0 Å². The van der Waals surface area contributed by atoms with Gasteiger partial charge in [0.05, 0.1) is 12.9 Å². The molecule has 0 spiro atoms. The molecule has 3 N–H and O–H groups in total. The molecular formula is C22H26FN6O6P. The zero-order valence-electron chi connectivity index (χ0n) is 19.6. The van der Waals surface area contributed by atoms with Crippen molar-refractivity contribution in [2.24, 2.45) is 0 Å². The number of benzene rings is 1. The molecule has 0 saturated carbocycles. The van der Waals surface area contributed by atoms with Crippen molar-refractivity contribution < 1.29 is 32.5 Å². The zero-order chi connectivity index (χ0) is 25.7. The Labute approximate surface area is 206 Å². The number of rotatable bonds is 11. The highest BCUT2D eigenvalue weighted by Gasteiger charge is 2.36. The average molecular weight is 520 g/mol. The van der Waals surface area contributed by atoms with Gasteiger partial charge in [-0.15, -0.1) is 0 Å². The fraction of sp³-hybridized carbons (Fsp3) is 0.364. The summed E-state index contributed by atoms with van der Waals surface area (Å²) >= 11 is 0. The van der Waals surface area contributed by atoms with Crippen LogP contribution in [0.1, 0.15) is 26.5 Å². The van der Waals surface area contributed by atoms with Gasteiger partial charge in [0.15, 0.2) is 36.2 Å². The van der Waals surface area contributed by atoms with Crippen molar-refractivity contribution in [3.05, 3.63) is 54.9 Å². The SMILES string of the molecule is CCCOC(=O)[C@H](C)NP(=O)(CO[C@@H]1C=C(F)[C@H](n2cnc3c(N)ncnc32)O1)Oc1ccccc1. The van der Waals surface area contributed by atoms with E-state index in [1.165, 1.54) is 24.1 Å². The van der Waals surface area contributed by atoms with Gasteiger partial charge in [0, 0.05) is 6.08 Å². The standard InChI is InChI=1S/C22H26FN6O6P/c1-3-9-32-22(30)14(2)28-36(31,35-15-7-5-4-6-8-15)13-33-17-10-16(23)21(34-17)29-12-27-18-19(24)25-11-26-20(18)29/h4-8,10-12,14,17,21H,3,9,13H2,1-2H3,(H,28,31)(H2,24,25,26)/t14-,17-,21+,36?/m0/s1. The number of nitrogens with two attached hydrogens (primary N) is 1. The average Bonchev–Trinajstić information content (AvgIpc) is 3.45. The van der Waals surface area contributed by atoms with Gasteiger partial charge in [0.2, 0.25) is 0 Å². The molecule has 4 atom stereocenters. The molecule has 1 aliphatic heterocycles. The number of hydrogen-bond donors (Lipinski definition) is 2. The number of fused-ring (bicyclic) bond motifs is 1. The first-order valence-corrected chi connectivity index (χ1v) is 13.0. The maximum Gasteiger partial charge on any atom is 0.342 e. The van der Waals surface area contributed by atoms with Gasteiger partial charge < -0.3 is 24.5 Å². The van der Waals surface area contributed by atoms with Crippen molar-refractivity contribution in [2.75, 3.05) is 18.7 Å². The molecule has 0 radical (unpaired) electrons. The molecule has 3 heterocycles. The summed E-state index contributed by atoms with van der Waals surface area (Å²) < 4.78 is 51.8. The predicted octanol–water partition coefficient (Wildman–Crippen LogP) is 3.29. The molecule has 0 saturated heterocycles. The van der Waals surface area contributed by atoms with Crippen LogP contribution in [0.5, 0.6) is 5.75 Å². The molecule has 1 aromatic carbocycles. The molecule has 0 aliphatic carbocycles. The normalized spacial score (nSPS) is 20.0. The first-order chi connectivity index (χ1) is 17.3. The molecule has 2 aromatic heterocycles. The monoisotopic (exact) mass is 520 g/mol. The summed E-state index contributed by atoms with van der Waals surface area (Å²) in [4.78, 5) is 24.3. The molecule has 4 rings (SSSR count). The molecular weight excluding hydrogens is 494 g/mol. The number of esters is 1. The number of halogens is 1. The second-order valence-corrected chi connectivity index (χ2v) is 9.93. The van der Waals surface area contributed by atoms with E-state index in [-0.39, 0.29) is 18.1 Å². The highest BCUT2D eigenvalue weighted by Crippen LogP contribution is 2.45. The Balaban J connectivity index is 1.46. The lowest BCUT2D eigenvalue weighted by atomic mass is 10.3. The van der Waals surface area contributed by atoms with Crippen LogP contribution < -0.4 is 15.3 Å². The number of para-hydroxylation sites is 1. The van der Waals surface area contributed by atoms with Gasteiger partial charge in [0.1, 0.15) is 23.6 Å². The third-order valence-corrected chi connectivity index (χ3v) is 6.81. The van der Waals surface area contributed by atoms with E-state index in [1.54, 1.807) is 30.3 Å². The van der Waals surface area contributed by atoms with Crippen molar-refractivity contribution in [1.82, 2.24) is 24.6 Å². The zero-order valence-corrected chi connectivity index (χ0v) is 20.5. The predicted molar refractivity (Wildman–Crippen MR) is 127 cm³/mol. The maximum atomic E-state index is 14.8. The number of carbonyl (C=O) groups excluding carboxylic acids is 1. The van der Waals surface area contributed by atoms with Crippen LogP contribution in [0.25, 0.3) is 11.2 Å². The Hall–Kier alpha value is -3.38. The van der Waals surface area contributed by atoms with E-state index >= 15 is 0 Å². The third-order valence-electron chi connectivity index (χ3n) is 5.03. The van der Waals surface area contributed by atoms with Crippen LogP contribution in [-0.4, -0.2) is 50.8 Å². The molecule has 3 aromatic rings. The number of nitrogen functional groups attached to an aromatic ring is 1. The molecule has 1 aliphatic rings. The smallest absolute Gasteiger partial charge is 0.342 e. The van der Waals surface area contributed by atoms with Crippen LogP contribution in [0, 0.1) is 0 Å². The largest absolute Gasteiger partial charge is 0.465 e. The second-order valence-electron chi connectivity index (χ2n) is 7.88. The molecule has 1 unspecified atom stereocenters. The number of ether oxygens (including phenoxy) is 3. The van der Waals surface area contributed by atoms with Crippen molar-refractivity contribution in [3.63, 3.8) is 0 Å². The summed E-state index contributed by atoms with van der Waals surface area (Å²) in [5.41, 5.74) is 6.36. The van der Waals surface area contributed by atoms with Gasteiger partial charge in [-0.2, -0.15) is 0 Å². The van der Waals surface area contributed by atoms with Gasteiger partial charge >= 0.3 is 13.5 Å². The summed E-state index contributed by atoms with van der Waals surface area (Å²) in [5.74, 6) is -0.824. The lowest BCUT2D eigenvalue weighted by Gasteiger charge is -2.24. The summed E-state index contributed by atoms with van der Waals surface area (Å²) in [6.07, 6.45) is 1.33. The maximum absolute atomic E-state index is 14.8. The van der Waals surface area contributed by atoms with Crippen molar-refractivity contribution in [2.45, 2.75) is 38.8 Å². The van der Waals surface area contributed by atoms with Crippen LogP contribution in [0.3, 0.4) is 0 Å². The van der Waals surface area contributed by atoms with Crippen molar-refractivity contribution >= 4 is 30.5 Å². The lowest BCUT2D eigenvalue weighted by molar-refractivity contribution is -0.145. The number of carbonyl (C=O) groups is 1.